The largest absolute Gasteiger partial charge is 0.391 e. The average Bonchev–Trinajstić information content (AvgIpc) is 2.52. The standard InChI is InChI=1S/C19H23NO/c1-15-12-13-18(19(21)14-15)20(16-8-4-2-5-9-16)17-10-6-3-7-11-17/h2-11,15,18-19,21H,12-14H2,1H3. The number of para-hydroxylation sites is 2. The smallest absolute Gasteiger partial charge is 0.0750 e. The van der Waals surface area contributed by atoms with Gasteiger partial charge < -0.3 is 10.0 Å². The van der Waals surface area contributed by atoms with Crippen molar-refractivity contribution >= 4 is 11.4 Å². The van der Waals surface area contributed by atoms with E-state index in [4.69, 9.17) is 0 Å². The van der Waals surface area contributed by atoms with E-state index in [1.54, 1.807) is 0 Å². The van der Waals surface area contributed by atoms with Crippen molar-refractivity contribution in [3.05, 3.63) is 60.7 Å². The minimum Gasteiger partial charge on any atom is -0.391 e. The van der Waals surface area contributed by atoms with Gasteiger partial charge in [-0.2, -0.15) is 0 Å². The Balaban J connectivity index is 1.97. The van der Waals surface area contributed by atoms with Gasteiger partial charge in [0.2, 0.25) is 0 Å². The van der Waals surface area contributed by atoms with Gasteiger partial charge in [-0.1, -0.05) is 43.3 Å². The molecule has 3 rings (SSSR count). The molecule has 1 fully saturated rings. The van der Waals surface area contributed by atoms with E-state index in [0.29, 0.717) is 5.92 Å². The lowest BCUT2D eigenvalue weighted by Gasteiger charge is -2.41. The summed E-state index contributed by atoms with van der Waals surface area (Å²) in [6.45, 7) is 2.23. The second-order valence-corrected chi connectivity index (χ2v) is 6.09. The molecular weight excluding hydrogens is 258 g/mol. The van der Waals surface area contributed by atoms with E-state index in [0.717, 1.165) is 24.2 Å². The van der Waals surface area contributed by atoms with Crippen LogP contribution >= 0.6 is 0 Å². The highest BCUT2D eigenvalue weighted by molar-refractivity contribution is 5.64. The number of aliphatic hydroxyl groups excluding tert-OH is 1. The maximum absolute atomic E-state index is 10.6. The fourth-order valence-electron chi connectivity index (χ4n) is 3.35. The fraction of sp³-hybridized carbons (Fsp3) is 0.368. The van der Waals surface area contributed by atoms with Crippen LogP contribution in [0.4, 0.5) is 11.4 Å². The third-order valence-corrected chi connectivity index (χ3v) is 4.44. The Bertz CT molecular complexity index is 515. The minimum absolute atomic E-state index is 0.158. The van der Waals surface area contributed by atoms with Crippen molar-refractivity contribution in [2.75, 3.05) is 4.90 Å². The van der Waals surface area contributed by atoms with Crippen LogP contribution in [-0.4, -0.2) is 17.3 Å². The number of hydrogen-bond acceptors (Lipinski definition) is 2. The number of aliphatic hydroxyl groups is 1. The number of benzene rings is 2. The quantitative estimate of drug-likeness (QED) is 0.902. The second kappa shape index (κ2) is 6.31. The van der Waals surface area contributed by atoms with Crippen LogP contribution in [0.5, 0.6) is 0 Å². The first-order chi connectivity index (χ1) is 10.3. The van der Waals surface area contributed by atoms with E-state index in [1.807, 2.05) is 12.1 Å². The Labute approximate surface area is 127 Å². The Kier molecular flexibility index (Phi) is 4.26. The predicted octanol–water partition coefficient (Wildman–Crippen LogP) is 4.37. The highest BCUT2D eigenvalue weighted by Crippen LogP contribution is 2.35. The molecule has 2 nitrogen and oxygen atoms in total. The summed E-state index contributed by atoms with van der Waals surface area (Å²) in [5.41, 5.74) is 2.31. The van der Waals surface area contributed by atoms with Crippen molar-refractivity contribution in [3.8, 4) is 0 Å². The Morgan fingerprint density at radius 1 is 0.857 bits per heavy atom. The molecule has 0 saturated heterocycles. The Morgan fingerprint density at radius 3 is 1.86 bits per heavy atom. The van der Waals surface area contributed by atoms with Crippen molar-refractivity contribution in [1.29, 1.82) is 0 Å². The number of nitrogens with zero attached hydrogens (tertiary/aromatic N) is 1. The molecule has 1 aliphatic rings. The average molecular weight is 281 g/mol. The van der Waals surface area contributed by atoms with Gasteiger partial charge in [-0.3, -0.25) is 0 Å². The highest BCUT2D eigenvalue weighted by Gasteiger charge is 2.32. The maximum Gasteiger partial charge on any atom is 0.0750 e. The lowest BCUT2D eigenvalue weighted by atomic mass is 9.84. The van der Waals surface area contributed by atoms with Gasteiger partial charge in [0.15, 0.2) is 0 Å². The van der Waals surface area contributed by atoms with Gasteiger partial charge in [0.25, 0.3) is 0 Å². The molecule has 2 aromatic rings. The molecule has 1 aliphatic carbocycles. The summed E-state index contributed by atoms with van der Waals surface area (Å²) in [6, 6.07) is 21.0. The van der Waals surface area contributed by atoms with Crippen LogP contribution in [0.25, 0.3) is 0 Å². The minimum atomic E-state index is -0.269. The monoisotopic (exact) mass is 281 g/mol. The van der Waals surface area contributed by atoms with Crippen LogP contribution < -0.4 is 4.90 Å². The molecule has 1 saturated carbocycles. The predicted molar refractivity (Wildman–Crippen MR) is 87.8 cm³/mol. The molecule has 0 radical (unpaired) electrons. The molecule has 0 heterocycles. The second-order valence-electron chi connectivity index (χ2n) is 6.09. The molecule has 0 bridgehead atoms. The van der Waals surface area contributed by atoms with E-state index in [1.165, 1.54) is 6.42 Å². The summed E-state index contributed by atoms with van der Waals surface area (Å²) in [5.74, 6) is 0.615. The van der Waals surface area contributed by atoms with Gasteiger partial charge in [-0.05, 0) is 49.4 Å². The van der Waals surface area contributed by atoms with E-state index >= 15 is 0 Å². The molecule has 0 aliphatic heterocycles. The summed E-state index contributed by atoms with van der Waals surface area (Å²) in [5, 5.41) is 10.6. The van der Waals surface area contributed by atoms with Crippen LogP contribution in [-0.2, 0) is 0 Å². The molecule has 0 spiro atoms. The van der Waals surface area contributed by atoms with Gasteiger partial charge in [0, 0.05) is 11.4 Å². The molecule has 21 heavy (non-hydrogen) atoms. The summed E-state index contributed by atoms with van der Waals surface area (Å²) in [7, 11) is 0. The summed E-state index contributed by atoms with van der Waals surface area (Å²) in [6.07, 6.45) is 2.83. The van der Waals surface area contributed by atoms with Crippen LogP contribution in [0.15, 0.2) is 60.7 Å². The molecule has 110 valence electrons. The molecule has 3 atom stereocenters. The molecule has 2 aromatic carbocycles. The van der Waals surface area contributed by atoms with Crippen molar-refractivity contribution < 1.29 is 5.11 Å². The van der Waals surface area contributed by atoms with Crippen molar-refractivity contribution in [2.24, 2.45) is 5.92 Å². The van der Waals surface area contributed by atoms with Crippen LogP contribution in [0.2, 0.25) is 0 Å². The topological polar surface area (TPSA) is 23.5 Å². The van der Waals surface area contributed by atoms with E-state index in [2.05, 4.69) is 60.4 Å². The van der Waals surface area contributed by atoms with Gasteiger partial charge in [-0.25, -0.2) is 0 Å². The summed E-state index contributed by atoms with van der Waals surface area (Å²) in [4.78, 5) is 2.30. The van der Waals surface area contributed by atoms with Crippen LogP contribution in [0.3, 0.4) is 0 Å². The summed E-state index contributed by atoms with van der Waals surface area (Å²) < 4.78 is 0. The summed E-state index contributed by atoms with van der Waals surface area (Å²) >= 11 is 0. The maximum atomic E-state index is 10.6. The van der Waals surface area contributed by atoms with Crippen molar-refractivity contribution in [3.63, 3.8) is 0 Å². The van der Waals surface area contributed by atoms with E-state index in [9.17, 15) is 5.11 Å². The highest BCUT2D eigenvalue weighted by atomic mass is 16.3. The molecule has 0 amide bonds. The van der Waals surface area contributed by atoms with Crippen molar-refractivity contribution in [2.45, 2.75) is 38.3 Å². The first-order valence-corrected chi connectivity index (χ1v) is 7.83. The molecular formula is C19H23NO. The lowest BCUT2D eigenvalue weighted by Crippen LogP contribution is -2.44. The van der Waals surface area contributed by atoms with E-state index in [-0.39, 0.29) is 12.1 Å². The van der Waals surface area contributed by atoms with Crippen LogP contribution in [0.1, 0.15) is 26.2 Å². The first-order valence-electron chi connectivity index (χ1n) is 7.83. The normalized spacial score (nSPS) is 25.5. The lowest BCUT2D eigenvalue weighted by molar-refractivity contribution is 0.0856. The zero-order valence-electron chi connectivity index (χ0n) is 12.5. The Hall–Kier alpha value is -1.80. The molecule has 1 N–H and O–H groups in total. The third kappa shape index (κ3) is 3.11. The SMILES string of the molecule is CC1CCC(N(c2ccccc2)c2ccccc2)C(O)C1. The third-order valence-electron chi connectivity index (χ3n) is 4.44. The van der Waals surface area contributed by atoms with Gasteiger partial charge in [-0.15, -0.1) is 0 Å². The molecule has 0 aromatic heterocycles. The molecule has 2 heteroatoms. The van der Waals surface area contributed by atoms with E-state index < -0.39 is 0 Å². The number of rotatable bonds is 3. The molecule has 3 unspecified atom stereocenters. The first kappa shape index (κ1) is 14.2. The fourth-order valence-corrected chi connectivity index (χ4v) is 3.35. The zero-order chi connectivity index (χ0) is 14.7. The number of anilines is 2. The zero-order valence-corrected chi connectivity index (χ0v) is 12.5. The van der Waals surface area contributed by atoms with Gasteiger partial charge >= 0.3 is 0 Å². The number of hydrogen-bond donors (Lipinski definition) is 1. The van der Waals surface area contributed by atoms with Gasteiger partial charge in [0.1, 0.15) is 0 Å². The van der Waals surface area contributed by atoms with Crippen LogP contribution in [0, 0.1) is 5.92 Å². The Morgan fingerprint density at radius 2 is 1.38 bits per heavy atom. The van der Waals surface area contributed by atoms with Gasteiger partial charge in [0.05, 0.1) is 12.1 Å². The van der Waals surface area contributed by atoms with Crippen molar-refractivity contribution in [1.82, 2.24) is 0 Å².